The number of aliphatic hydroxyl groups is 1. The maximum atomic E-state index is 10.4. The van der Waals surface area contributed by atoms with Gasteiger partial charge in [0.25, 0.3) is 0 Å². The predicted octanol–water partition coefficient (Wildman–Crippen LogP) is 7.40. The second-order valence-corrected chi connectivity index (χ2v) is 12.7. The van der Waals surface area contributed by atoms with Gasteiger partial charge in [-0.2, -0.15) is 0 Å². The van der Waals surface area contributed by atoms with Gasteiger partial charge >= 0.3 is 0 Å². The molecule has 1 nitrogen and oxygen atoms in total. The molecule has 4 rings (SSSR count). The quantitative estimate of drug-likeness (QED) is 0.400. The Labute approximate surface area is 195 Å². The smallest absolute Gasteiger partial charge is 0.120 e. The van der Waals surface area contributed by atoms with Gasteiger partial charge in [0.05, 0.1) is 0 Å². The lowest BCUT2D eigenvalue weighted by atomic mass is 9.45. The molecule has 0 heterocycles. The summed E-state index contributed by atoms with van der Waals surface area (Å²) in [6, 6.07) is 0. The number of hydrogen-bond donors (Lipinski definition) is 1. The molecule has 0 aromatic heterocycles. The van der Waals surface area contributed by atoms with Gasteiger partial charge in [0, 0.05) is 16.4 Å². The van der Waals surface area contributed by atoms with Crippen LogP contribution in [0, 0.1) is 33.5 Å². The molecule has 168 valence electrons. The molecule has 2 atom stereocenters. The Morgan fingerprint density at radius 1 is 0.656 bits per heavy atom. The van der Waals surface area contributed by atoms with E-state index in [0.717, 1.165) is 5.57 Å². The minimum Gasteiger partial charge on any atom is -0.378 e. The summed E-state index contributed by atoms with van der Waals surface area (Å²) in [4.78, 5) is 0. The fourth-order valence-electron chi connectivity index (χ4n) is 5.34. The van der Waals surface area contributed by atoms with E-state index < -0.39 is 5.60 Å². The molecule has 4 aliphatic rings. The van der Waals surface area contributed by atoms with Crippen LogP contribution in [-0.4, -0.2) is 10.7 Å². The molecular formula is C31H38O. The Morgan fingerprint density at radius 2 is 1.16 bits per heavy atom. The highest BCUT2D eigenvalue weighted by Crippen LogP contribution is 2.67. The number of hydrogen-bond acceptors (Lipinski definition) is 1. The Bertz CT molecular complexity index is 1170. The third-order valence-corrected chi connectivity index (χ3v) is 7.77. The van der Waals surface area contributed by atoms with E-state index in [1.54, 1.807) is 13.8 Å². The van der Waals surface area contributed by atoms with Crippen LogP contribution in [0.4, 0.5) is 0 Å². The Morgan fingerprint density at radius 3 is 1.66 bits per heavy atom. The van der Waals surface area contributed by atoms with Gasteiger partial charge in [-0.3, -0.25) is 0 Å². The highest BCUT2D eigenvalue weighted by Gasteiger charge is 2.57. The zero-order chi connectivity index (χ0) is 23.9. The Kier molecular flexibility index (Phi) is 4.73. The van der Waals surface area contributed by atoms with E-state index >= 15 is 0 Å². The molecule has 0 radical (unpaired) electrons. The summed E-state index contributed by atoms with van der Waals surface area (Å²) < 4.78 is 0. The van der Waals surface area contributed by atoms with Crippen LogP contribution < -0.4 is 0 Å². The lowest BCUT2D eigenvalue weighted by molar-refractivity contribution is 0.143. The van der Waals surface area contributed by atoms with E-state index in [1.807, 2.05) is 0 Å². The zero-order valence-electron chi connectivity index (χ0n) is 21.5. The Balaban J connectivity index is 2.11. The monoisotopic (exact) mass is 426 g/mol. The van der Waals surface area contributed by atoms with Crippen molar-refractivity contribution in [3.8, 4) is 11.8 Å². The summed E-state index contributed by atoms with van der Waals surface area (Å²) in [7, 11) is 0. The van der Waals surface area contributed by atoms with E-state index in [0.29, 0.717) is 0 Å². The van der Waals surface area contributed by atoms with Crippen molar-refractivity contribution < 1.29 is 5.11 Å². The molecule has 0 aromatic rings. The van der Waals surface area contributed by atoms with E-state index in [1.165, 1.54) is 33.4 Å². The molecule has 4 aliphatic carbocycles. The second-order valence-electron chi connectivity index (χ2n) is 12.7. The van der Waals surface area contributed by atoms with Crippen molar-refractivity contribution in [3.05, 3.63) is 81.5 Å². The van der Waals surface area contributed by atoms with Crippen LogP contribution in [0.15, 0.2) is 81.5 Å². The van der Waals surface area contributed by atoms with Crippen LogP contribution >= 0.6 is 0 Å². The minimum atomic E-state index is -1.03. The molecule has 0 fully saturated rings. The van der Waals surface area contributed by atoms with Gasteiger partial charge in [0.15, 0.2) is 0 Å². The maximum absolute atomic E-state index is 10.4. The van der Waals surface area contributed by atoms with Crippen LogP contribution in [0.25, 0.3) is 0 Å². The van der Waals surface area contributed by atoms with Crippen LogP contribution in [0.1, 0.15) is 69.2 Å². The first kappa shape index (κ1) is 22.9. The summed E-state index contributed by atoms with van der Waals surface area (Å²) in [6.07, 6.45) is 16.5. The third kappa shape index (κ3) is 3.27. The SMILES string of the molecule is CC(C)(O)C#CC1=C2C=C(C(C)(C)C)C=C3C=CC4=CC(C(C)(C)C)=CC(=C1)[C@]4(C)[C@]32C. The topological polar surface area (TPSA) is 20.2 Å². The average Bonchev–Trinajstić information content (AvgIpc) is 2.62. The van der Waals surface area contributed by atoms with Gasteiger partial charge in [0.1, 0.15) is 5.60 Å². The lowest BCUT2D eigenvalue weighted by Crippen LogP contribution is -2.48. The van der Waals surface area contributed by atoms with Gasteiger partial charge in [-0.25, -0.2) is 0 Å². The molecule has 0 aromatic carbocycles. The minimum absolute atomic E-state index is 0.0385. The van der Waals surface area contributed by atoms with Gasteiger partial charge in [-0.1, -0.05) is 104 Å². The molecule has 0 aliphatic heterocycles. The normalized spacial score (nSPS) is 29.2. The maximum Gasteiger partial charge on any atom is 0.120 e. The second kappa shape index (κ2) is 6.61. The molecule has 0 spiro atoms. The molecule has 0 unspecified atom stereocenters. The average molecular weight is 427 g/mol. The summed E-state index contributed by atoms with van der Waals surface area (Å²) in [5.74, 6) is 6.47. The largest absolute Gasteiger partial charge is 0.378 e. The van der Waals surface area contributed by atoms with Crippen molar-refractivity contribution in [1.82, 2.24) is 0 Å². The van der Waals surface area contributed by atoms with Crippen molar-refractivity contribution >= 4 is 0 Å². The van der Waals surface area contributed by atoms with Crippen LogP contribution in [-0.2, 0) is 0 Å². The van der Waals surface area contributed by atoms with Gasteiger partial charge in [-0.05, 0) is 64.2 Å². The molecule has 0 amide bonds. The molecule has 0 saturated carbocycles. The van der Waals surface area contributed by atoms with Crippen LogP contribution in [0.3, 0.4) is 0 Å². The lowest BCUT2D eigenvalue weighted by Gasteiger charge is -2.57. The molecule has 0 bridgehead atoms. The zero-order valence-corrected chi connectivity index (χ0v) is 21.5. The van der Waals surface area contributed by atoms with Crippen molar-refractivity contribution in [3.63, 3.8) is 0 Å². The highest BCUT2D eigenvalue weighted by atomic mass is 16.3. The number of rotatable bonds is 0. The van der Waals surface area contributed by atoms with Crippen molar-refractivity contribution in [1.29, 1.82) is 0 Å². The fraction of sp³-hybridized carbons (Fsp3) is 0.484. The summed E-state index contributed by atoms with van der Waals surface area (Å²) >= 11 is 0. The fourth-order valence-corrected chi connectivity index (χ4v) is 5.34. The number of allylic oxidation sites excluding steroid dienone is 14. The van der Waals surface area contributed by atoms with E-state index in [9.17, 15) is 5.11 Å². The molecule has 32 heavy (non-hydrogen) atoms. The molecular weight excluding hydrogens is 388 g/mol. The molecule has 0 saturated heterocycles. The van der Waals surface area contributed by atoms with Gasteiger partial charge in [0.2, 0.25) is 0 Å². The third-order valence-electron chi connectivity index (χ3n) is 7.77. The van der Waals surface area contributed by atoms with Crippen molar-refractivity contribution in [2.75, 3.05) is 0 Å². The molecule has 1 N–H and O–H groups in total. The molecule has 1 heteroatoms. The van der Waals surface area contributed by atoms with E-state index in [4.69, 9.17) is 0 Å². The van der Waals surface area contributed by atoms with Crippen LogP contribution in [0.5, 0.6) is 0 Å². The van der Waals surface area contributed by atoms with Crippen molar-refractivity contribution in [2.45, 2.75) is 74.8 Å². The highest BCUT2D eigenvalue weighted by molar-refractivity contribution is 5.72. The van der Waals surface area contributed by atoms with Gasteiger partial charge < -0.3 is 5.11 Å². The van der Waals surface area contributed by atoms with Gasteiger partial charge in [-0.15, -0.1) is 0 Å². The first-order valence-electron chi connectivity index (χ1n) is 11.8. The first-order valence-corrected chi connectivity index (χ1v) is 11.8. The Hall–Kier alpha value is -2.30. The summed E-state index contributed by atoms with van der Waals surface area (Å²) in [5, 5.41) is 10.4. The van der Waals surface area contributed by atoms with E-state index in [-0.39, 0.29) is 21.7 Å². The summed E-state index contributed by atoms with van der Waals surface area (Å²) in [5.41, 5.74) is 7.69. The van der Waals surface area contributed by atoms with Crippen LogP contribution in [0.2, 0.25) is 0 Å². The van der Waals surface area contributed by atoms with Crippen molar-refractivity contribution in [2.24, 2.45) is 21.7 Å². The summed E-state index contributed by atoms with van der Waals surface area (Å²) in [6.45, 7) is 21.9. The predicted molar refractivity (Wildman–Crippen MR) is 136 cm³/mol. The van der Waals surface area contributed by atoms with E-state index in [2.05, 4.69) is 110 Å². The standard InChI is InChI=1S/C31H38O/c1-27(2,3)23-16-21-11-12-22-17-24(28(4,5)6)19-26-20(13-14-29(7,8)32)15-25(18-23)30(21,9)31(22,26)10/h11-12,15-19,32H,1-10H3/t30-,31-/m1/s1. The first-order chi connectivity index (χ1) is 14.5.